The van der Waals surface area contributed by atoms with Crippen LogP contribution in [0.4, 0.5) is 0 Å². The summed E-state index contributed by atoms with van der Waals surface area (Å²) in [7, 11) is 0. The molecule has 6 heteroatoms. The zero-order valence-corrected chi connectivity index (χ0v) is 10.9. The highest BCUT2D eigenvalue weighted by molar-refractivity contribution is 7.11. The van der Waals surface area contributed by atoms with Gasteiger partial charge in [-0.05, 0) is 26.7 Å². The van der Waals surface area contributed by atoms with Crippen molar-refractivity contribution in [2.24, 2.45) is 0 Å². The number of thiazole rings is 1. The van der Waals surface area contributed by atoms with Crippen molar-refractivity contribution in [3.05, 3.63) is 27.5 Å². The van der Waals surface area contributed by atoms with Crippen molar-refractivity contribution in [1.29, 1.82) is 0 Å². The Hall–Kier alpha value is -1.27. The molecule has 0 aliphatic rings. The highest BCUT2D eigenvalue weighted by Gasteiger charge is 2.06. The minimum Gasteiger partial charge on any atom is -0.396 e. The molecule has 1 N–H and O–H groups in total. The molecule has 92 valence electrons. The second kappa shape index (κ2) is 5.37. The lowest BCUT2D eigenvalue weighted by Gasteiger charge is -1.94. The number of rotatable bonds is 5. The molecule has 2 aromatic heterocycles. The minimum absolute atomic E-state index is 0.192. The SMILES string of the molecule is Cc1nc(Cn2cc(CCCO)nn2)sc1C. The first kappa shape index (κ1) is 12.2. The van der Waals surface area contributed by atoms with Crippen molar-refractivity contribution in [2.45, 2.75) is 33.2 Å². The van der Waals surface area contributed by atoms with Gasteiger partial charge in [0.15, 0.2) is 0 Å². The quantitative estimate of drug-likeness (QED) is 0.872. The van der Waals surface area contributed by atoms with E-state index in [1.807, 2.05) is 13.1 Å². The molecule has 0 saturated heterocycles. The van der Waals surface area contributed by atoms with E-state index in [-0.39, 0.29) is 6.61 Å². The first-order chi connectivity index (χ1) is 8.19. The smallest absolute Gasteiger partial charge is 0.115 e. The van der Waals surface area contributed by atoms with Gasteiger partial charge < -0.3 is 5.11 Å². The zero-order chi connectivity index (χ0) is 12.3. The first-order valence-electron chi connectivity index (χ1n) is 5.62. The van der Waals surface area contributed by atoms with E-state index >= 15 is 0 Å². The molecule has 0 radical (unpaired) electrons. The summed E-state index contributed by atoms with van der Waals surface area (Å²) < 4.78 is 1.80. The molecule has 0 atom stereocenters. The molecule has 0 amide bonds. The predicted molar refractivity (Wildman–Crippen MR) is 66.1 cm³/mol. The third kappa shape index (κ3) is 3.10. The third-order valence-corrected chi connectivity index (χ3v) is 3.60. The van der Waals surface area contributed by atoms with Crippen LogP contribution in [-0.2, 0) is 13.0 Å². The summed E-state index contributed by atoms with van der Waals surface area (Å²) in [6, 6.07) is 0. The van der Waals surface area contributed by atoms with Crippen molar-refractivity contribution < 1.29 is 5.11 Å². The number of aryl methyl sites for hydroxylation is 3. The van der Waals surface area contributed by atoms with Gasteiger partial charge in [0.05, 0.1) is 17.9 Å². The monoisotopic (exact) mass is 252 g/mol. The Morgan fingerprint density at radius 1 is 1.41 bits per heavy atom. The van der Waals surface area contributed by atoms with Crippen LogP contribution in [-0.4, -0.2) is 31.7 Å². The molecule has 2 rings (SSSR count). The molecule has 0 unspecified atom stereocenters. The van der Waals surface area contributed by atoms with Gasteiger partial charge in [-0.3, -0.25) is 0 Å². The summed E-state index contributed by atoms with van der Waals surface area (Å²) in [5.41, 5.74) is 2.01. The fourth-order valence-electron chi connectivity index (χ4n) is 1.54. The van der Waals surface area contributed by atoms with Gasteiger partial charge in [0, 0.05) is 17.7 Å². The second-order valence-electron chi connectivity index (χ2n) is 3.98. The van der Waals surface area contributed by atoms with Crippen LogP contribution in [0.15, 0.2) is 6.20 Å². The zero-order valence-electron chi connectivity index (χ0n) is 10.1. The van der Waals surface area contributed by atoms with Gasteiger partial charge >= 0.3 is 0 Å². The van der Waals surface area contributed by atoms with E-state index in [0.29, 0.717) is 6.54 Å². The Kier molecular flexibility index (Phi) is 3.86. The van der Waals surface area contributed by atoms with E-state index in [1.165, 1.54) is 4.88 Å². The normalized spacial score (nSPS) is 11.0. The van der Waals surface area contributed by atoms with Crippen LogP contribution in [0, 0.1) is 13.8 Å². The summed E-state index contributed by atoms with van der Waals surface area (Å²) in [5, 5.41) is 17.9. The van der Waals surface area contributed by atoms with Gasteiger partial charge in [-0.2, -0.15) is 0 Å². The van der Waals surface area contributed by atoms with Crippen molar-refractivity contribution in [1.82, 2.24) is 20.0 Å². The summed E-state index contributed by atoms with van der Waals surface area (Å²) in [6.45, 7) is 4.96. The molecular weight excluding hydrogens is 236 g/mol. The number of hydrogen-bond donors (Lipinski definition) is 1. The van der Waals surface area contributed by atoms with E-state index in [9.17, 15) is 0 Å². The van der Waals surface area contributed by atoms with E-state index in [4.69, 9.17) is 5.11 Å². The number of hydrogen-bond acceptors (Lipinski definition) is 5. The molecule has 0 bridgehead atoms. The van der Waals surface area contributed by atoms with Gasteiger partial charge in [-0.25, -0.2) is 9.67 Å². The molecule has 0 spiro atoms. The van der Waals surface area contributed by atoms with Gasteiger partial charge in [0.25, 0.3) is 0 Å². The topological polar surface area (TPSA) is 63.8 Å². The third-order valence-electron chi connectivity index (χ3n) is 2.55. The lowest BCUT2D eigenvalue weighted by Crippen LogP contribution is -1.99. The van der Waals surface area contributed by atoms with Gasteiger partial charge in [0.2, 0.25) is 0 Å². The minimum atomic E-state index is 0.192. The molecule has 2 heterocycles. The van der Waals surface area contributed by atoms with Crippen LogP contribution in [0.1, 0.15) is 27.7 Å². The maximum Gasteiger partial charge on any atom is 0.115 e. The van der Waals surface area contributed by atoms with E-state index in [0.717, 1.165) is 29.2 Å². The maximum absolute atomic E-state index is 8.74. The summed E-state index contributed by atoms with van der Waals surface area (Å²) in [6.07, 6.45) is 3.42. The largest absolute Gasteiger partial charge is 0.396 e. The lowest BCUT2D eigenvalue weighted by atomic mass is 10.3. The van der Waals surface area contributed by atoms with Gasteiger partial charge in [-0.1, -0.05) is 5.21 Å². The summed E-state index contributed by atoms with van der Waals surface area (Å²) in [4.78, 5) is 5.72. The number of aliphatic hydroxyl groups excluding tert-OH is 1. The van der Waals surface area contributed by atoms with E-state index < -0.39 is 0 Å². The average Bonchev–Trinajstić information content (AvgIpc) is 2.85. The van der Waals surface area contributed by atoms with Crippen LogP contribution in [0.25, 0.3) is 0 Å². The maximum atomic E-state index is 8.74. The molecule has 0 aliphatic carbocycles. The second-order valence-corrected chi connectivity index (χ2v) is 5.27. The Morgan fingerprint density at radius 3 is 2.88 bits per heavy atom. The van der Waals surface area contributed by atoms with E-state index in [2.05, 4.69) is 22.2 Å². The lowest BCUT2D eigenvalue weighted by molar-refractivity contribution is 0.288. The molecule has 0 aromatic carbocycles. The Balaban J connectivity index is 2.01. The molecule has 5 nitrogen and oxygen atoms in total. The Bertz CT molecular complexity index is 472. The fourth-order valence-corrected chi connectivity index (χ4v) is 2.46. The molecular formula is C11H16N4OS. The molecule has 0 saturated carbocycles. The molecule has 0 fully saturated rings. The number of aromatic nitrogens is 4. The summed E-state index contributed by atoms with van der Waals surface area (Å²) in [5.74, 6) is 0. The highest BCUT2D eigenvalue weighted by atomic mass is 32.1. The predicted octanol–water partition coefficient (Wildman–Crippen LogP) is 1.32. The molecule has 0 aliphatic heterocycles. The van der Waals surface area contributed by atoms with Crippen molar-refractivity contribution in [3.8, 4) is 0 Å². The van der Waals surface area contributed by atoms with Crippen LogP contribution in [0.2, 0.25) is 0 Å². The standard InChI is InChI=1S/C11H16N4OS/c1-8-9(2)17-11(12-8)7-15-6-10(13-14-15)4-3-5-16/h6,16H,3-5,7H2,1-2H3. The van der Waals surface area contributed by atoms with E-state index in [1.54, 1.807) is 16.0 Å². The highest BCUT2D eigenvalue weighted by Crippen LogP contribution is 2.17. The van der Waals surface area contributed by atoms with Crippen LogP contribution >= 0.6 is 11.3 Å². The van der Waals surface area contributed by atoms with Crippen molar-refractivity contribution >= 4 is 11.3 Å². The van der Waals surface area contributed by atoms with Crippen LogP contribution in [0.3, 0.4) is 0 Å². The first-order valence-corrected chi connectivity index (χ1v) is 6.43. The molecule has 17 heavy (non-hydrogen) atoms. The van der Waals surface area contributed by atoms with Crippen molar-refractivity contribution in [2.75, 3.05) is 6.61 Å². The fraction of sp³-hybridized carbons (Fsp3) is 0.545. The van der Waals surface area contributed by atoms with Gasteiger partial charge in [0.1, 0.15) is 5.01 Å². The van der Waals surface area contributed by atoms with Crippen LogP contribution in [0.5, 0.6) is 0 Å². The summed E-state index contributed by atoms with van der Waals surface area (Å²) >= 11 is 1.70. The number of nitrogens with zero attached hydrogens (tertiary/aromatic N) is 4. The Morgan fingerprint density at radius 2 is 2.24 bits per heavy atom. The van der Waals surface area contributed by atoms with Crippen molar-refractivity contribution in [3.63, 3.8) is 0 Å². The molecule has 2 aromatic rings. The average molecular weight is 252 g/mol. The Labute approximate surface area is 104 Å². The van der Waals surface area contributed by atoms with Gasteiger partial charge in [-0.15, -0.1) is 16.4 Å². The van der Waals surface area contributed by atoms with Crippen LogP contribution < -0.4 is 0 Å². The number of aliphatic hydroxyl groups is 1.